The summed E-state index contributed by atoms with van der Waals surface area (Å²) >= 11 is 6.10. The van der Waals surface area contributed by atoms with E-state index >= 15 is 0 Å². The van der Waals surface area contributed by atoms with E-state index in [0.29, 0.717) is 35.1 Å². The maximum absolute atomic E-state index is 12.6. The zero-order valence-corrected chi connectivity index (χ0v) is 16.9. The van der Waals surface area contributed by atoms with Gasteiger partial charge in [0.05, 0.1) is 16.3 Å². The van der Waals surface area contributed by atoms with Crippen molar-refractivity contribution in [3.63, 3.8) is 0 Å². The second-order valence-corrected chi connectivity index (χ2v) is 6.88. The molecule has 0 aliphatic heterocycles. The number of nitrogens with zero attached hydrogens (tertiary/aromatic N) is 3. The zero-order valence-electron chi connectivity index (χ0n) is 16.1. The van der Waals surface area contributed by atoms with Gasteiger partial charge in [0.1, 0.15) is 11.4 Å². The summed E-state index contributed by atoms with van der Waals surface area (Å²) in [6.45, 7) is 2.11. The molecule has 0 saturated heterocycles. The van der Waals surface area contributed by atoms with Crippen molar-refractivity contribution in [3.8, 4) is 11.6 Å². The number of amides is 1. The Hall–Kier alpha value is -3.07. The predicted molar refractivity (Wildman–Crippen MR) is 105 cm³/mol. The largest absolute Gasteiger partial charge is 0.439 e. The Bertz CT molecular complexity index is 1030. The Labute approximate surface area is 175 Å². The monoisotopic (exact) mass is 438 g/mol. The van der Waals surface area contributed by atoms with Gasteiger partial charge in [0.15, 0.2) is 0 Å². The van der Waals surface area contributed by atoms with Gasteiger partial charge < -0.3 is 10.1 Å². The Morgan fingerprint density at radius 2 is 1.90 bits per heavy atom. The lowest BCUT2D eigenvalue weighted by atomic mass is 10.1. The molecule has 6 nitrogen and oxygen atoms in total. The van der Waals surface area contributed by atoms with E-state index in [1.807, 2.05) is 0 Å². The van der Waals surface area contributed by atoms with Crippen molar-refractivity contribution in [1.29, 1.82) is 0 Å². The van der Waals surface area contributed by atoms with Gasteiger partial charge in [0, 0.05) is 25.9 Å². The molecule has 1 amide bonds. The smallest absolute Gasteiger partial charge is 0.417 e. The highest BCUT2D eigenvalue weighted by molar-refractivity contribution is 6.34. The number of ether oxygens (including phenoxy) is 1. The number of rotatable bonds is 6. The van der Waals surface area contributed by atoms with E-state index in [9.17, 15) is 18.0 Å². The van der Waals surface area contributed by atoms with Crippen molar-refractivity contribution in [2.45, 2.75) is 19.5 Å². The normalized spacial score (nSPS) is 11.4. The quantitative estimate of drug-likeness (QED) is 0.612. The first-order valence-electron chi connectivity index (χ1n) is 8.92. The van der Waals surface area contributed by atoms with Crippen LogP contribution >= 0.6 is 11.6 Å². The Morgan fingerprint density at radius 3 is 2.43 bits per heavy atom. The summed E-state index contributed by atoms with van der Waals surface area (Å²) < 4.78 is 44.6. The maximum Gasteiger partial charge on any atom is 0.417 e. The van der Waals surface area contributed by atoms with Crippen molar-refractivity contribution in [2.75, 3.05) is 6.54 Å². The van der Waals surface area contributed by atoms with E-state index in [1.54, 1.807) is 38.2 Å². The molecular formula is C20H18ClF3N4O2. The van der Waals surface area contributed by atoms with Crippen LogP contribution in [0.5, 0.6) is 11.6 Å². The van der Waals surface area contributed by atoms with Crippen molar-refractivity contribution in [2.24, 2.45) is 7.05 Å². The van der Waals surface area contributed by atoms with Gasteiger partial charge in [-0.15, -0.1) is 0 Å². The highest BCUT2D eigenvalue weighted by Crippen LogP contribution is 2.30. The van der Waals surface area contributed by atoms with Crippen molar-refractivity contribution < 1.29 is 22.7 Å². The molecular weight excluding hydrogens is 421 g/mol. The van der Waals surface area contributed by atoms with Crippen LogP contribution in [0, 0.1) is 6.92 Å². The van der Waals surface area contributed by atoms with E-state index in [1.165, 1.54) is 4.68 Å². The topological polar surface area (TPSA) is 69.0 Å². The van der Waals surface area contributed by atoms with Crippen molar-refractivity contribution in [1.82, 2.24) is 20.1 Å². The first-order chi connectivity index (χ1) is 14.1. The summed E-state index contributed by atoms with van der Waals surface area (Å²) in [5.41, 5.74) is 0.995. The van der Waals surface area contributed by atoms with Gasteiger partial charge in [0.2, 0.25) is 5.88 Å². The first-order valence-corrected chi connectivity index (χ1v) is 9.30. The molecule has 0 saturated carbocycles. The van der Waals surface area contributed by atoms with Crippen LogP contribution in [0.4, 0.5) is 13.2 Å². The van der Waals surface area contributed by atoms with Crippen LogP contribution in [0.1, 0.15) is 27.3 Å². The van der Waals surface area contributed by atoms with Crippen LogP contribution in [0.2, 0.25) is 5.02 Å². The number of benzene rings is 1. The molecule has 2 aromatic heterocycles. The molecule has 0 spiro atoms. The molecule has 1 aromatic carbocycles. The molecule has 1 N–H and O–H groups in total. The average Bonchev–Trinajstić information content (AvgIpc) is 2.94. The molecule has 0 unspecified atom stereocenters. The summed E-state index contributed by atoms with van der Waals surface area (Å²) in [6, 6.07) is 9.03. The van der Waals surface area contributed by atoms with Gasteiger partial charge in [-0.1, -0.05) is 23.7 Å². The van der Waals surface area contributed by atoms with Crippen molar-refractivity contribution >= 4 is 17.5 Å². The summed E-state index contributed by atoms with van der Waals surface area (Å²) in [5.74, 6) is 0.190. The highest BCUT2D eigenvalue weighted by Gasteiger charge is 2.30. The fraction of sp³-hybridized carbons (Fsp3) is 0.250. The highest BCUT2D eigenvalue weighted by atomic mass is 35.5. The molecule has 0 atom stereocenters. The first kappa shape index (κ1) is 21.6. The molecule has 30 heavy (non-hydrogen) atoms. The van der Waals surface area contributed by atoms with E-state index < -0.39 is 11.7 Å². The third-order valence-electron chi connectivity index (χ3n) is 4.27. The molecule has 10 heteroatoms. The number of pyridine rings is 1. The Balaban J connectivity index is 1.53. The maximum atomic E-state index is 12.6. The summed E-state index contributed by atoms with van der Waals surface area (Å²) in [5, 5.41) is 7.23. The Morgan fingerprint density at radius 1 is 1.20 bits per heavy atom. The van der Waals surface area contributed by atoms with Crippen molar-refractivity contribution in [3.05, 3.63) is 70.1 Å². The summed E-state index contributed by atoms with van der Waals surface area (Å²) in [6.07, 6.45) is -3.15. The van der Waals surface area contributed by atoms with Crippen LogP contribution in [0.25, 0.3) is 0 Å². The van der Waals surface area contributed by atoms with E-state index in [4.69, 9.17) is 16.3 Å². The molecule has 0 aliphatic carbocycles. The van der Waals surface area contributed by atoms with Gasteiger partial charge >= 0.3 is 6.18 Å². The number of hydrogen-bond acceptors (Lipinski definition) is 4. The zero-order chi connectivity index (χ0) is 21.9. The van der Waals surface area contributed by atoms with E-state index in [2.05, 4.69) is 15.4 Å². The fourth-order valence-electron chi connectivity index (χ4n) is 2.74. The van der Waals surface area contributed by atoms with Crippen LogP contribution in [-0.4, -0.2) is 27.2 Å². The third kappa shape index (κ3) is 5.10. The lowest BCUT2D eigenvalue weighted by Crippen LogP contribution is -2.27. The number of halogens is 4. The fourth-order valence-corrected chi connectivity index (χ4v) is 2.98. The van der Waals surface area contributed by atoms with Gasteiger partial charge in [0.25, 0.3) is 5.91 Å². The van der Waals surface area contributed by atoms with Crippen LogP contribution in [0.15, 0.2) is 42.6 Å². The van der Waals surface area contributed by atoms with E-state index in [0.717, 1.165) is 23.9 Å². The lowest BCUT2D eigenvalue weighted by Gasteiger charge is -2.09. The lowest BCUT2D eigenvalue weighted by molar-refractivity contribution is -0.137. The molecule has 3 aromatic rings. The number of aromatic nitrogens is 3. The number of carbonyl (C=O) groups is 1. The van der Waals surface area contributed by atoms with Gasteiger partial charge in [-0.05, 0) is 37.1 Å². The number of aryl methyl sites for hydroxylation is 2. The predicted octanol–water partition coefficient (Wildman–Crippen LogP) is 4.56. The number of hydrogen-bond donors (Lipinski definition) is 1. The molecule has 0 fully saturated rings. The van der Waals surface area contributed by atoms with Gasteiger partial charge in [-0.25, -0.2) is 4.98 Å². The molecule has 3 rings (SSSR count). The average molecular weight is 439 g/mol. The Kier molecular flexibility index (Phi) is 6.31. The minimum atomic E-state index is -4.44. The van der Waals surface area contributed by atoms with Gasteiger partial charge in [-0.3, -0.25) is 9.48 Å². The van der Waals surface area contributed by atoms with Crippen LogP contribution in [-0.2, 0) is 19.6 Å². The number of alkyl halides is 3. The van der Waals surface area contributed by atoms with Crippen LogP contribution < -0.4 is 10.1 Å². The second kappa shape index (κ2) is 8.74. The van der Waals surface area contributed by atoms with E-state index in [-0.39, 0.29) is 11.8 Å². The van der Waals surface area contributed by atoms with Gasteiger partial charge in [-0.2, -0.15) is 18.3 Å². The minimum Gasteiger partial charge on any atom is -0.439 e. The van der Waals surface area contributed by atoms with Crippen LogP contribution in [0.3, 0.4) is 0 Å². The molecule has 2 heterocycles. The third-order valence-corrected chi connectivity index (χ3v) is 4.73. The SMILES string of the molecule is Cc1nn(C)c(C(=O)NCCc2ccc(Oc3ccc(C(F)(F)F)cn3)cc2)c1Cl. The molecule has 158 valence electrons. The molecule has 0 aliphatic rings. The number of carbonyl (C=O) groups excluding carboxylic acids is 1. The summed E-state index contributed by atoms with van der Waals surface area (Å²) in [7, 11) is 1.65. The molecule has 0 radical (unpaired) electrons. The minimum absolute atomic E-state index is 0.0614. The standard InChI is InChI=1S/C20H18ClF3N4O2/c1-12-17(21)18(28(2)27-12)19(29)25-10-9-13-3-6-15(7-4-13)30-16-8-5-14(11-26-16)20(22,23)24/h3-8,11H,9-10H2,1-2H3,(H,25,29). The second-order valence-electron chi connectivity index (χ2n) is 6.51. The molecule has 0 bridgehead atoms. The number of nitrogens with one attached hydrogen (secondary N) is 1. The summed E-state index contributed by atoms with van der Waals surface area (Å²) in [4.78, 5) is 15.9.